The molecule has 0 bridgehead atoms. The van der Waals surface area contributed by atoms with Gasteiger partial charge in [-0.25, -0.2) is 4.79 Å². The molecule has 12 nitrogen and oxygen atoms in total. The number of benzene rings is 2. The highest BCUT2D eigenvalue weighted by atomic mass is 16.4. The summed E-state index contributed by atoms with van der Waals surface area (Å²) in [5, 5.41) is 28.5. The van der Waals surface area contributed by atoms with E-state index in [1.54, 1.807) is 18.3 Å². The molecule has 238 valence electrons. The minimum atomic E-state index is -1.25. The van der Waals surface area contributed by atoms with Gasteiger partial charge in [-0.3, -0.25) is 14.4 Å². The molecule has 1 heterocycles. The highest BCUT2D eigenvalue weighted by Gasteiger charge is 2.31. The zero-order chi connectivity index (χ0) is 32.2. The maximum Gasteiger partial charge on any atom is 0.326 e. The average molecular weight is 609 g/mol. The Hall–Kier alpha value is -4.42. The fraction of sp³-hybridized carbons (Fsp3) is 0.438. The van der Waals surface area contributed by atoms with Crippen molar-refractivity contribution in [3.8, 4) is 5.75 Å². The number of para-hydroxylation sites is 1. The number of aromatic hydroxyl groups is 1. The van der Waals surface area contributed by atoms with Gasteiger partial charge in [0.05, 0.1) is 6.04 Å². The second-order valence-electron chi connectivity index (χ2n) is 11.2. The predicted molar refractivity (Wildman–Crippen MR) is 168 cm³/mol. The van der Waals surface area contributed by atoms with Crippen molar-refractivity contribution in [2.24, 2.45) is 17.4 Å². The Morgan fingerprint density at radius 3 is 2.16 bits per heavy atom. The molecule has 2 aromatic carbocycles. The topological polar surface area (TPSA) is 213 Å². The third-order valence-electron chi connectivity index (χ3n) is 7.86. The molecule has 1 aromatic heterocycles. The molecule has 44 heavy (non-hydrogen) atoms. The van der Waals surface area contributed by atoms with Crippen LogP contribution in [0.5, 0.6) is 5.75 Å². The van der Waals surface area contributed by atoms with Crippen molar-refractivity contribution in [3.63, 3.8) is 0 Å². The number of aliphatic carboxylic acids is 1. The molecular formula is C32H44N6O6. The van der Waals surface area contributed by atoms with Crippen LogP contribution < -0.4 is 27.4 Å². The van der Waals surface area contributed by atoms with Crippen LogP contribution in [0.4, 0.5) is 0 Å². The monoisotopic (exact) mass is 608 g/mol. The summed E-state index contributed by atoms with van der Waals surface area (Å²) >= 11 is 0. The van der Waals surface area contributed by atoms with E-state index in [1.807, 2.05) is 38.1 Å². The molecule has 3 amide bonds. The Labute approximate surface area is 257 Å². The van der Waals surface area contributed by atoms with Crippen molar-refractivity contribution < 1.29 is 29.4 Å². The summed E-state index contributed by atoms with van der Waals surface area (Å²) < 4.78 is 0. The lowest BCUT2D eigenvalue weighted by Gasteiger charge is -2.26. The SMILES string of the molecule is CCC(C)C(N)C(=O)NC(Cc1ccc(O)cc1)C(=O)NC(CCCCN)C(=O)NC(Cc1c[nH]c2ccccc12)C(=O)O. The summed E-state index contributed by atoms with van der Waals surface area (Å²) in [7, 11) is 0. The Morgan fingerprint density at radius 1 is 0.864 bits per heavy atom. The highest BCUT2D eigenvalue weighted by Crippen LogP contribution is 2.19. The minimum absolute atomic E-state index is 0.0294. The van der Waals surface area contributed by atoms with Gasteiger partial charge < -0.3 is 42.6 Å². The molecule has 5 atom stereocenters. The fourth-order valence-corrected chi connectivity index (χ4v) is 4.88. The van der Waals surface area contributed by atoms with E-state index in [9.17, 15) is 29.4 Å². The molecular weight excluding hydrogens is 564 g/mol. The molecule has 0 radical (unpaired) electrons. The maximum absolute atomic E-state index is 13.6. The second kappa shape index (κ2) is 16.4. The lowest BCUT2D eigenvalue weighted by molar-refractivity contribution is -0.142. The number of carbonyl (C=O) groups is 4. The van der Waals surface area contributed by atoms with Gasteiger partial charge in [-0.1, -0.05) is 50.6 Å². The quantitative estimate of drug-likeness (QED) is 0.105. The number of carboxylic acid groups (broad SMARTS) is 1. The first-order chi connectivity index (χ1) is 21.0. The van der Waals surface area contributed by atoms with E-state index in [0.717, 1.165) is 16.5 Å². The van der Waals surface area contributed by atoms with E-state index in [4.69, 9.17) is 11.5 Å². The number of rotatable bonds is 17. The number of nitrogens with two attached hydrogens (primary N) is 2. The number of hydrogen-bond donors (Lipinski definition) is 8. The number of unbranched alkanes of at least 4 members (excludes halogenated alkanes) is 1. The van der Waals surface area contributed by atoms with E-state index >= 15 is 0 Å². The number of phenolic OH excluding ortho intramolecular Hbond substituents is 1. The Balaban J connectivity index is 1.80. The third-order valence-corrected chi connectivity index (χ3v) is 7.86. The van der Waals surface area contributed by atoms with E-state index < -0.39 is 47.9 Å². The molecule has 0 aliphatic carbocycles. The molecule has 0 aliphatic heterocycles. The average Bonchev–Trinajstić information content (AvgIpc) is 3.42. The maximum atomic E-state index is 13.6. The van der Waals surface area contributed by atoms with E-state index in [2.05, 4.69) is 20.9 Å². The first-order valence-corrected chi connectivity index (χ1v) is 15.0. The first-order valence-electron chi connectivity index (χ1n) is 15.0. The van der Waals surface area contributed by atoms with Gasteiger partial charge in [0.1, 0.15) is 23.9 Å². The van der Waals surface area contributed by atoms with Crippen molar-refractivity contribution >= 4 is 34.6 Å². The summed E-state index contributed by atoms with van der Waals surface area (Å²) in [6.07, 6.45) is 3.78. The van der Waals surface area contributed by atoms with Crippen LogP contribution in [0.25, 0.3) is 10.9 Å². The fourth-order valence-electron chi connectivity index (χ4n) is 4.88. The number of carboxylic acids is 1. The van der Waals surface area contributed by atoms with Crippen LogP contribution in [0.2, 0.25) is 0 Å². The van der Waals surface area contributed by atoms with Crippen molar-refractivity contribution in [3.05, 3.63) is 65.9 Å². The van der Waals surface area contributed by atoms with E-state index in [-0.39, 0.29) is 30.9 Å². The third kappa shape index (κ3) is 9.55. The normalized spacial score (nSPS) is 14.6. The Kier molecular flexibility index (Phi) is 12.7. The van der Waals surface area contributed by atoms with Gasteiger partial charge >= 0.3 is 5.97 Å². The number of nitrogens with one attached hydrogen (secondary N) is 4. The minimum Gasteiger partial charge on any atom is -0.508 e. The number of H-pyrrole nitrogens is 1. The van der Waals surface area contributed by atoms with Crippen LogP contribution in [0.1, 0.15) is 50.7 Å². The van der Waals surface area contributed by atoms with Gasteiger partial charge in [-0.15, -0.1) is 0 Å². The zero-order valence-electron chi connectivity index (χ0n) is 25.2. The van der Waals surface area contributed by atoms with E-state index in [1.165, 1.54) is 12.1 Å². The molecule has 0 fully saturated rings. The van der Waals surface area contributed by atoms with Gasteiger partial charge in [0, 0.05) is 29.9 Å². The molecule has 3 rings (SSSR count). The van der Waals surface area contributed by atoms with Crippen LogP contribution in [0, 0.1) is 5.92 Å². The van der Waals surface area contributed by atoms with Crippen molar-refractivity contribution in [1.82, 2.24) is 20.9 Å². The van der Waals surface area contributed by atoms with Crippen LogP contribution in [-0.4, -0.2) is 69.6 Å². The predicted octanol–water partition coefficient (Wildman–Crippen LogP) is 1.70. The molecule has 0 saturated heterocycles. The summed E-state index contributed by atoms with van der Waals surface area (Å²) in [5.41, 5.74) is 14.0. The number of phenols is 1. The highest BCUT2D eigenvalue weighted by molar-refractivity contribution is 5.94. The molecule has 10 N–H and O–H groups in total. The number of carbonyl (C=O) groups excluding carboxylic acids is 3. The lowest BCUT2D eigenvalue weighted by Crippen LogP contribution is -2.58. The molecule has 0 spiro atoms. The lowest BCUT2D eigenvalue weighted by atomic mass is 9.98. The van der Waals surface area contributed by atoms with Crippen LogP contribution in [0.3, 0.4) is 0 Å². The van der Waals surface area contributed by atoms with Crippen LogP contribution in [-0.2, 0) is 32.0 Å². The Morgan fingerprint density at radius 2 is 1.50 bits per heavy atom. The van der Waals surface area contributed by atoms with Gasteiger partial charge in [0.25, 0.3) is 0 Å². The first kappa shape index (κ1) is 34.1. The summed E-state index contributed by atoms with van der Waals surface area (Å²) in [6, 6.07) is 9.38. The molecule has 0 aliphatic rings. The van der Waals surface area contributed by atoms with Crippen LogP contribution >= 0.6 is 0 Å². The standard InChI is InChI=1S/C32H44N6O6/c1-3-19(2)28(34)31(42)37-26(16-20-11-13-22(39)14-12-20)30(41)36-25(10-6-7-15-33)29(40)38-27(32(43)44)17-21-18-35-24-9-5-4-8-23(21)24/h4-5,8-9,11-14,18-19,25-28,35,39H,3,6-7,10,15-17,33-34H2,1-2H3,(H,36,41)(H,37,42)(H,38,40)(H,43,44). The number of aromatic amines is 1. The molecule has 3 aromatic rings. The summed E-state index contributed by atoms with van der Waals surface area (Å²) in [6.45, 7) is 4.13. The number of fused-ring (bicyclic) bond motifs is 1. The molecule has 5 unspecified atom stereocenters. The van der Waals surface area contributed by atoms with Gasteiger partial charge in [-0.2, -0.15) is 0 Å². The number of hydrogen-bond acceptors (Lipinski definition) is 7. The van der Waals surface area contributed by atoms with Crippen molar-refractivity contribution in [1.29, 1.82) is 0 Å². The number of amides is 3. The van der Waals surface area contributed by atoms with Gasteiger partial charge in [0.2, 0.25) is 17.7 Å². The zero-order valence-corrected chi connectivity index (χ0v) is 25.2. The van der Waals surface area contributed by atoms with Crippen molar-refractivity contribution in [2.75, 3.05) is 6.54 Å². The van der Waals surface area contributed by atoms with E-state index in [0.29, 0.717) is 31.4 Å². The molecule has 0 saturated carbocycles. The molecule has 12 heteroatoms. The van der Waals surface area contributed by atoms with Gasteiger partial charge in [-0.05, 0) is 61.1 Å². The Bertz CT molecular complexity index is 1410. The summed E-state index contributed by atoms with van der Waals surface area (Å²) in [5.74, 6) is -3.09. The summed E-state index contributed by atoms with van der Waals surface area (Å²) in [4.78, 5) is 55.4. The smallest absolute Gasteiger partial charge is 0.326 e. The second-order valence-corrected chi connectivity index (χ2v) is 11.2. The van der Waals surface area contributed by atoms with Crippen LogP contribution in [0.15, 0.2) is 54.7 Å². The largest absolute Gasteiger partial charge is 0.508 e. The number of aromatic nitrogens is 1. The van der Waals surface area contributed by atoms with Crippen molar-refractivity contribution in [2.45, 2.75) is 76.5 Å². The van der Waals surface area contributed by atoms with Gasteiger partial charge in [0.15, 0.2) is 0 Å².